The normalized spacial score (nSPS) is 14.2. The molecule has 0 saturated carbocycles. The van der Waals surface area contributed by atoms with Crippen molar-refractivity contribution in [3.05, 3.63) is 74.5 Å². The minimum Gasteiger partial charge on any atom is -0.350 e. The van der Waals surface area contributed by atoms with Gasteiger partial charge in [-0.1, -0.05) is 46.0 Å². The Bertz CT molecular complexity index is 1470. The van der Waals surface area contributed by atoms with Crippen LogP contribution in [0.15, 0.2) is 62.6 Å². The van der Waals surface area contributed by atoms with Crippen molar-refractivity contribution < 1.29 is 22.5 Å². The van der Waals surface area contributed by atoms with E-state index in [1.165, 1.54) is 42.5 Å². The van der Waals surface area contributed by atoms with Gasteiger partial charge in [0.1, 0.15) is 10.7 Å². The molecule has 2 amide bonds. The summed E-state index contributed by atoms with van der Waals surface area (Å²) in [6, 6.07) is 9.96. The molecule has 0 saturated heterocycles. The smallest absolute Gasteiger partial charge is 0.283 e. The van der Waals surface area contributed by atoms with Crippen LogP contribution in [0.3, 0.4) is 0 Å². The maximum absolute atomic E-state index is 12.9. The second-order valence-electron chi connectivity index (χ2n) is 7.18. The van der Waals surface area contributed by atoms with Crippen LogP contribution < -0.4 is 14.9 Å². The molecule has 2 heterocycles. The van der Waals surface area contributed by atoms with Gasteiger partial charge in [0.2, 0.25) is 5.88 Å². The Labute approximate surface area is 209 Å². The van der Waals surface area contributed by atoms with E-state index in [1.54, 1.807) is 13.8 Å². The first-order valence-corrected chi connectivity index (χ1v) is 12.2. The van der Waals surface area contributed by atoms with Crippen LogP contribution in [0, 0.1) is 13.8 Å². The maximum atomic E-state index is 12.9. The Morgan fingerprint density at radius 1 is 0.971 bits per heavy atom. The van der Waals surface area contributed by atoms with Gasteiger partial charge >= 0.3 is 0 Å². The molecule has 34 heavy (non-hydrogen) atoms. The number of carbonyl (C=O) groups excluding carboxylic acids is 2. The van der Waals surface area contributed by atoms with E-state index in [-0.39, 0.29) is 37.2 Å². The van der Waals surface area contributed by atoms with Crippen molar-refractivity contribution in [2.45, 2.75) is 18.7 Å². The molecule has 0 radical (unpaired) electrons. The summed E-state index contributed by atoms with van der Waals surface area (Å²) in [5.74, 6) is -1.50. The van der Waals surface area contributed by atoms with Gasteiger partial charge in [0.15, 0.2) is 0 Å². The van der Waals surface area contributed by atoms with Gasteiger partial charge in [-0.2, -0.15) is 0 Å². The molecule has 0 atom stereocenters. The van der Waals surface area contributed by atoms with Crippen LogP contribution in [0.1, 0.15) is 11.3 Å². The van der Waals surface area contributed by atoms with Crippen LogP contribution in [0.4, 0.5) is 17.3 Å². The molecule has 1 aromatic heterocycles. The van der Waals surface area contributed by atoms with Gasteiger partial charge in [0, 0.05) is 11.3 Å². The zero-order valence-electron chi connectivity index (χ0n) is 17.5. The second kappa shape index (κ2) is 8.95. The fraction of sp³-hybridized carbons (Fsp3) is 0.0952. The molecule has 0 fully saturated rings. The van der Waals surface area contributed by atoms with Crippen molar-refractivity contribution >= 4 is 73.9 Å². The highest BCUT2D eigenvalue weighted by Gasteiger charge is 2.40. The molecule has 0 spiro atoms. The molecular formula is C21H15Cl3N4O5S. The molecular weight excluding hydrogens is 527 g/mol. The lowest BCUT2D eigenvalue weighted by Gasteiger charge is -2.17. The topological polar surface area (TPSA) is 122 Å². The van der Waals surface area contributed by atoms with E-state index in [4.69, 9.17) is 39.3 Å². The van der Waals surface area contributed by atoms with Crippen molar-refractivity contribution in [3.63, 3.8) is 0 Å². The standard InChI is InChI=1S/C21H15Cl3N4O5S/c1-10-11(2)26-33-19(10)27-34(31,32)13-8-6-12(7-9-13)25-18-17(24)20(29)28(21(18)30)15-5-3-4-14(22)16(15)23/h3-9,25,27H,1-2H3. The van der Waals surface area contributed by atoms with Crippen molar-refractivity contribution in [1.29, 1.82) is 0 Å². The Balaban J connectivity index is 1.55. The van der Waals surface area contributed by atoms with Crippen molar-refractivity contribution in [2.75, 3.05) is 14.9 Å². The van der Waals surface area contributed by atoms with Crippen LogP contribution in [-0.4, -0.2) is 25.4 Å². The zero-order valence-corrected chi connectivity index (χ0v) is 20.6. The van der Waals surface area contributed by atoms with E-state index in [0.29, 0.717) is 16.9 Å². The summed E-state index contributed by atoms with van der Waals surface area (Å²) in [6.07, 6.45) is 0. The molecule has 9 nitrogen and oxygen atoms in total. The Morgan fingerprint density at radius 3 is 2.26 bits per heavy atom. The number of amides is 2. The van der Waals surface area contributed by atoms with E-state index >= 15 is 0 Å². The van der Waals surface area contributed by atoms with Crippen LogP contribution in [0.25, 0.3) is 0 Å². The number of hydrogen-bond donors (Lipinski definition) is 2. The third-order valence-electron chi connectivity index (χ3n) is 5.02. The molecule has 176 valence electrons. The van der Waals surface area contributed by atoms with Crippen LogP contribution >= 0.6 is 34.8 Å². The molecule has 1 aliphatic rings. The summed E-state index contributed by atoms with van der Waals surface area (Å²) in [7, 11) is -3.96. The van der Waals surface area contributed by atoms with Crippen molar-refractivity contribution in [2.24, 2.45) is 0 Å². The van der Waals surface area contributed by atoms with Crippen LogP contribution in [-0.2, 0) is 19.6 Å². The summed E-state index contributed by atoms with van der Waals surface area (Å²) in [4.78, 5) is 26.3. The minimum atomic E-state index is -3.96. The molecule has 13 heteroatoms. The first-order chi connectivity index (χ1) is 16.0. The first kappa shape index (κ1) is 24.1. The summed E-state index contributed by atoms with van der Waals surface area (Å²) in [5, 5.41) is 6.31. The lowest BCUT2D eigenvalue weighted by atomic mass is 10.3. The number of nitrogens with zero attached hydrogens (tertiary/aromatic N) is 2. The van der Waals surface area contributed by atoms with E-state index in [9.17, 15) is 18.0 Å². The van der Waals surface area contributed by atoms with E-state index < -0.39 is 21.8 Å². The number of rotatable bonds is 6. The third-order valence-corrected chi connectivity index (χ3v) is 7.52. The first-order valence-electron chi connectivity index (χ1n) is 9.56. The molecule has 2 aromatic carbocycles. The average Bonchev–Trinajstić information content (AvgIpc) is 3.21. The lowest BCUT2D eigenvalue weighted by Crippen LogP contribution is -2.32. The average molecular weight is 542 g/mol. The van der Waals surface area contributed by atoms with Crippen LogP contribution in [0.2, 0.25) is 10.0 Å². The predicted octanol–water partition coefficient (Wildman–Crippen LogP) is 4.83. The molecule has 2 N–H and O–H groups in total. The maximum Gasteiger partial charge on any atom is 0.283 e. The highest BCUT2D eigenvalue weighted by Crippen LogP contribution is 2.37. The lowest BCUT2D eigenvalue weighted by molar-refractivity contribution is -0.120. The van der Waals surface area contributed by atoms with Gasteiger partial charge in [-0.15, -0.1) is 0 Å². The van der Waals surface area contributed by atoms with Crippen molar-refractivity contribution in [3.8, 4) is 0 Å². The van der Waals surface area contributed by atoms with Gasteiger partial charge in [0.05, 0.1) is 26.3 Å². The monoisotopic (exact) mass is 540 g/mol. The number of sulfonamides is 1. The number of benzene rings is 2. The quantitative estimate of drug-likeness (QED) is 0.428. The fourth-order valence-electron chi connectivity index (χ4n) is 3.05. The van der Waals surface area contributed by atoms with E-state index in [2.05, 4.69) is 15.2 Å². The summed E-state index contributed by atoms with van der Waals surface area (Å²) in [5.41, 5.74) is 1.34. The fourth-order valence-corrected chi connectivity index (χ4v) is 4.69. The third kappa shape index (κ3) is 4.25. The summed E-state index contributed by atoms with van der Waals surface area (Å²) >= 11 is 18.3. The number of anilines is 3. The zero-order chi connectivity index (χ0) is 24.8. The molecule has 4 rings (SSSR count). The predicted molar refractivity (Wildman–Crippen MR) is 129 cm³/mol. The number of halogens is 3. The molecule has 0 aliphatic carbocycles. The van der Waals surface area contributed by atoms with Gasteiger partial charge in [-0.05, 0) is 50.2 Å². The molecule has 0 bridgehead atoms. The van der Waals surface area contributed by atoms with Crippen molar-refractivity contribution in [1.82, 2.24) is 5.16 Å². The Hall–Kier alpha value is -3.05. The highest BCUT2D eigenvalue weighted by molar-refractivity contribution is 7.92. The largest absolute Gasteiger partial charge is 0.350 e. The van der Waals surface area contributed by atoms with Gasteiger partial charge in [0.25, 0.3) is 21.8 Å². The summed E-state index contributed by atoms with van der Waals surface area (Å²) in [6.45, 7) is 3.36. The van der Waals surface area contributed by atoms with E-state index in [1.807, 2.05) is 0 Å². The van der Waals surface area contributed by atoms with Gasteiger partial charge < -0.3 is 9.84 Å². The minimum absolute atomic E-state index is 0.0199. The number of aromatic nitrogens is 1. The number of nitrogens with one attached hydrogen (secondary N) is 2. The SMILES string of the molecule is Cc1noc(NS(=O)(=O)c2ccc(NC3=C(Cl)C(=O)N(c4cccc(Cl)c4Cl)C3=O)cc2)c1C. The Morgan fingerprint density at radius 2 is 1.65 bits per heavy atom. The van der Waals surface area contributed by atoms with Gasteiger partial charge in [-0.25, -0.2) is 18.0 Å². The summed E-state index contributed by atoms with van der Waals surface area (Å²) < 4.78 is 32.6. The Kier molecular flexibility index (Phi) is 6.34. The van der Waals surface area contributed by atoms with E-state index in [0.717, 1.165) is 4.90 Å². The number of carbonyl (C=O) groups is 2. The van der Waals surface area contributed by atoms with Crippen LogP contribution in [0.5, 0.6) is 0 Å². The molecule has 1 aliphatic heterocycles. The second-order valence-corrected chi connectivity index (χ2v) is 10.0. The highest BCUT2D eigenvalue weighted by atomic mass is 35.5. The number of hydrogen-bond acceptors (Lipinski definition) is 7. The molecule has 3 aromatic rings. The van der Waals surface area contributed by atoms with Gasteiger partial charge in [-0.3, -0.25) is 9.59 Å². The number of imide groups is 1. The molecule has 0 unspecified atom stereocenters. The number of aryl methyl sites for hydroxylation is 1.